The van der Waals surface area contributed by atoms with E-state index in [-0.39, 0.29) is 50.2 Å². The maximum absolute atomic E-state index is 12.8. The number of alkyl halides is 2. The van der Waals surface area contributed by atoms with Gasteiger partial charge in [-0.15, -0.1) is 28.7 Å². The van der Waals surface area contributed by atoms with E-state index in [1.807, 2.05) is 0 Å². The van der Waals surface area contributed by atoms with Gasteiger partial charge in [-0.2, -0.15) is 12.1 Å². The number of hydrogen-bond acceptors (Lipinski definition) is 3. The van der Waals surface area contributed by atoms with Crippen LogP contribution in [-0.2, 0) is 44.0 Å². The van der Waals surface area contributed by atoms with E-state index in [9.17, 15) is 13.6 Å². The zero-order chi connectivity index (χ0) is 17.0. The molecular weight excluding hydrogens is 531 g/mol. The van der Waals surface area contributed by atoms with Crippen molar-refractivity contribution in [2.24, 2.45) is 0 Å². The molecule has 2 aromatic rings. The third kappa shape index (κ3) is 5.46. The molecule has 0 fully saturated rings. The fourth-order valence-electron chi connectivity index (χ4n) is 1.94. The number of rotatable bonds is 6. The molecule has 1 aromatic heterocycles. The molecule has 0 spiro atoms. The van der Waals surface area contributed by atoms with Crippen molar-refractivity contribution in [2.75, 3.05) is 13.9 Å². The minimum atomic E-state index is -2.67. The topological polar surface area (TPSA) is 40.5 Å². The molecular formula is C15H12ClF2INO3Y-. The van der Waals surface area contributed by atoms with Gasteiger partial charge in [0.1, 0.15) is 5.75 Å². The van der Waals surface area contributed by atoms with Crippen molar-refractivity contribution < 1.29 is 51.0 Å². The molecule has 0 atom stereocenters. The predicted octanol–water partition coefficient (Wildman–Crippen LogP) is 3.82. The first-order chi connectivity index (χ1) is 10.9. The first-order valence-electron chi connectivity index (χ1n) is 6.45. The van der Waals surface area contributed by atoms with Crippen molar-refractivity contribution in [3.8, 4) is 17.0 Å². The summed E-state index contributed by atoms with van der Waals surface area (Å²) in [4.78, 5) is 12.1. The second kappa shape index (κ2) is 10.2. The number of hydrogen-bond donors (Lipinski definition) is 0. The normalized spacial score (nSPS) is 10.6. The van der Waals surface area contributed by atoms with Crippen LogP contribution in [0.15, 0.2) is 29.1 Å². The van der Waals surface area contributed by atoms with Gasteiger partial charge in [-0.1, -0.05) is 22.9 Å². The van der Waals surface area contributed by atoms with E-state index in [0.717, 1.165) is 4.57 Å². The second-order valence-corrected chi connectivity index (χ2v) is 6.05. The van der Waals surface area contributed by atoms with Crippen LogP contribution in [0.1, 0.15) is 0 Å². The molecule has 24 heavy (non-hydrogen) atoms. The Balaban J connectivity index is 0.00000288. The first-order valence-corrected chi connectivity index (χ1v) is 7.90. The number of halogens is 4. The third-order valence-electron chi connectivity index (χ3n) is 2.91. The standard InChI is InChI=1S/C15H12ClF2INO3.Y/c1-22-8-23-9-2-3-10(11(16)6-9)13-5-4-12(19)15(21)20(13)7-14(17)18;/h2-4,6,14H,7-8H2,1H3;/q-1;. The number of aromatic nitrogens is 1. The molecule has 9 heteroatoms. The summed E-state index contributed by atoms with van der Waals surface area (Å²) < 4.78 is 36.9. The molecule has 0 aliphatic rings. The van der Waals surface area contributed by atoms with Gasteiger partial charge in [-0.05, 0) is 20.7 Å². The van der Waals surface area contributed by atoms with E-state index in [1.54, 1.807) is 34.7 Å². The van der Waals surface area contributed by atoms with Crippen molar-refractivity contribution in [3.05, 3.63) is 49.3 Å². The Hall–Kier alpha value is -0.0861. The van der Waals surface area contributed by atoms with Crippen LogP contribution in [0.2, 0.25) is 5.02 Å². The Kier molecular flexibility index (Phi) is 9.29. The minimum Gasteiger partial charge on any atom is -0.468 e. The van der Waals surface area contributed by atoms with Gasteiger partial charge in [0, 0.05) is 39.8 Å². The average molecular weight is 544 g/mol. The number of benzene rings is 1. The van der Waals surface area contributed by atoms with Crippen LogP contribution in [0.3, 0.4) is 0 Å². The predicted molar refractivity (Wildman–Crippen MR) is 91.2 cm³/mol. The second-order valence-electron chi connectivity index (χ2n) is 4.48. The molecule has 0 amide bonds. The van der Waals surface area contributed by atoms with Crippen LogP contribution in [0, 0.1) is 9.64 Å². The maximum Gasteiger partial charge on any atom is 0.256 e. The Morgan fingerprint density at radius 2 is 2.12 bits per heavy atom. The van der Waals surface area contributed by atoms with Gasteiger partial charge in [-0.25, -0.2) is 8.78 Å². The van der Waals surface area contributed by atoms with E-state index >= 15 is 0 Å². The van der Waals surface area contributed by atoms with E-state index in [1.165, 1.54) is 19.2 Å². The Morgan fingerprint density at radius 3 is 2.71 bits per heavy atom. The Morgan fingerprint density at radius 1 is 1.42 bits per heavy atom. The fourth-order valence-corrected chi connectivity index (χ4v) is 2.65. The molecule has 0 aliphatic carbocycles. The molecule has 1 heterocycles. The van der Waals surface area contributed by atoms with Crippen LogP contribution >= 0.6 is 34.2 Å². The third-order valence-corrected chi connectivity index (χ3v) is 4.00. The number of pyridine rings is 1. The average Bonchev–Trinajstić information content (AvgIpc) is 2.50. The number of methoxy groups -OCH3 is 1. The van der Waals surface area contributed by atoms with Gasteiger partial charge in [-0.3, -0.25) is 4.79 Å². The van der Waals surface area contributed by atoms with E-state index in [0.29, 0.717) is 14.9 Å². The summed E-state index contributed by atoms with van der Waals surface area (Å²) in [5.41, 5.74) is 0.125. The monoisotopic (exact) mass is 543 g/mol. The van der Waals surface area contributed by atoms with Crippen LogP contribution in [0.25, 0.3) is 11.3 Å². The van der Waals surface area contributed by atoms with Gasteiger partial charge in [0.25, 0.3) is 6.43 Å². The van der Waals surface area contributed by atoms with Crippen LogP contribution in [0.5, 0.6) is 5.75 Å². The quantitative estimate of drug-likeness (QED) is 0.316. The number of nitrogens with zero attached hydrogens (tertiary/aromatic N) is 1. The molecule has 127 valence electrons. The van der Waals surface area contributed by atoms with E-state index < -0.39 is 18.5 Å². The van der Waals surface area contributed by atoms with Gasteiger partial charge in [0.05, 0.1) is 6.54 Å². The van der Waals surface area contributed by atoms with Crippen molar-refractivity contribution in [2.45, 2.75) is 13.0 Å². The fraction of sp³-hybridized carbons (Fsp3) is 0.267. The van der Waals surface area contributed by atoms with Gasteiger partial charge < -0.3 is 14.0 Å². The molecule has 0 saturated heterocycles. The van der Waals surface area contributed by atoms with Gasteiger partial charge >= 0.3 is 0 Å². The molecule has 4 nitrogen and oxygen atoms in total. The van der Waals surface area contributed by atoms with Gasteiger partial charge in [0.2, 0.25) is 5.56 Å². The van der Waals surface area contributed by atoms with Crippen molar-refractivity contribution >= 4 is 34.2 Å². The zero-order valence-corrected chi connectivity index (χ0v) is 18.3. The zero-order valence-electron chi connectivity index (χ0n) is 12.6. The van der Waals surface area contributed by atoms with E-state index in [4.69, 9.17) is 21.1 Å². The van der Waals surface area contributed by atoms with E-state index in [2.05, 4.69) is 6.07 Å². The van der Waals surface area contributed by atoms with Crippen LogP contribution in [0.4, 0.5) is 8.78 Å². The Bertz CT molecular complexity index is 758. The summed E-state index contributed by atoms with van der Waals surface area (Å²) in [6.45, 7) is -0.665. The van der Waals surface area contributed by atoms with Crippen molar-refractivity contribution in [1.82, 2.24) is 4.57 Å². The largest absolute Gasteiger partial charge is 0.468 e. The molecule has 1 radical (unpaired) electrons. The summed E-state index contributed by atoms with van der Waals surface area (Å²) in [6.07, 6.45) is -2.67. The molecule has 0 saturated carbocycles. The molecule has 0 N–H and O–H groups in total. The minimum absolute atomic E-state index is 0. The van der Waals surface area contributed by atoms with Crippen molar-refractivity contribution in [3.63, 3.8) is 0 Å². The molecule has 0 aliphatic heterocycles. The SMILES string of the molecule is COCOc1ccc(-c2[c-]cc(I)c(=O)n2CC(F)F)c(Cl)c1.[Y]. The summed E-state index contributed by atoms with van der Waals surface area (Å²) in [7, 11) is 1.49. The summed E-state index contributed by atoms with van der Waals surface area (Å²) in [6, 6.07) is 9.03. The molecule has 0 bridgehead atoms. The van der Waals surface area contributed by atoms with Gasteiger partial charge in [0.15, 0.2) is 6.79 Å². The summed E-state index contributed by atoms with van der Waals surface area (Å²) in [5, 5.41) is 0.262. The van der Waals surface area contributed by atoms with Crippen LogP contribution < -0.4 is 10.3 Å². The maximum atomic E-state index is 12.8. The molecule has 1 aromatic carbocycles. The smallest absolute Gasteiger partial charge is 0.256 e. The molecule has 0 unspecified atom stereocenters. The summed E-state index contributed by atoms with van der Waals surface area (Å²) in [5.74, 6) is 0.467. The molecule has 2 rings (SSSR count). The van der Waals surface area contributed by atoms with Crippen LogP contribution in [-0.4, -0.2) is 24.9 Å². The Labute approximate surface area is 181 Å². The number of ether oxygens (including phenoxy) is 2. The summed E-state index contributed by atoms with van der Waals surface area (Å²) >= 11 is 7.98. The first kappa shape index (κ1) is 22.0. The van der Waals surface area contributed by atoms with Crippen molar-refractivity contribution in [1.29, 1.82) is 0 Å².